The quantitative estimate of drug-likeness (QED) is 0.520. The topological polar surface area (TPSA) is 70.4 Å². The Kier molecular flexibility index (Phi) is 9.74. The third-order valence-corrected chi connectivity index (χ3v) is 1.89. The van der Waals surface area contributed by atoms with Crippen LogP contribution in [-0.4, -0.2) is 73.9 Å². The van der Waals surface area contributed by atoms with Gasteiger partial charge in [-0.2, -0.15) is 0 Å². The average molecular weight is 221 g/mol. The van der Waals surface area contributed by atoms with Crippen LogP contribution in [-0.2, 0) is 10.7 Å². The van der Waals surface area contributed by atoms with Gasteiger partial charge in [-0.05, 0) is 11.6 Å². The predicted molar refractivity (Wildman–Crippen MR) is 54.3 cm³/mol. The van der Waals surface area contributed by atoms with Crippen molar-refractivity contribution in [1.29, 1.82) is 0 Å². The molecule has 0 aliphatic heterocycles. The molecule has 13 heavy (non-hydrogen) atoms. The van der Waals surface area contributed by atoms with Crippen molar-refractivity contribution in [3.05, 3.63) is 30.1 Å². The Bertz CT molecular complexity index is 276. The van der Waals surface area contributed by atoms with E-state index in [0.29, 0.717) is 5.56 Å². The molecule has 0 fully saturated rings. The SMILES string of the molecule is O=P(O)(O)Cc1cccnc1.[NaH].[NaH]. The molecule has 0 aromatic carbocycles. The van der Waals surface area contributed by atoms with E-state index in [1.54, 1.807) is 18.3 Å². The van der Waals surface area contributed by atoms with Crippen molar-refractivity contribution >= 4 is 66.7 Å². The van der Waals surface area contributed by atoms with Gasteiger partial charge < -0.3 is 9.79 Å². The van der Waals surface area contributed by atoms with Crippen LogP contribution in [0.4, 0.5) is 0 Å². The first-order valence-corrected chi connectivity index (χ1v) is 4.81. The van der Waals surface area contributed by atoms with Gasteiger partial charge >= 0.3 is 66.7 Å². The minimum absolute atomic E-state index is 0. The van der Waals surface area contributed by atoms with Gasteiger partial charge in [-0.3, -0.25) is 9.55 Å². The molecule has 0 aliphatic rings. The monoisotopic (exact) mass is 221 g/mol. The summed E-state index contributed by atoms with van der Waals surface area (Å²) < 4.78 is 10.5. The van der Waals surface area contributed by atoms with Crippen molar-refractivity contribution in [3.8, 4) is 0 Å². The second-order valence-corrected chi connectivity index (χ2v) is 3.83. The fraction of sp³-hybridized carbons (Fsp3) is 0.167. The molecule has 64 valence electrons. The number of aromatic nitrogens is 1. The molecule has 1 aromatic heterocycles. The van der Waals surface area contributed by atoms with Crippen LogP contribution in [0, 0.1) is 0 Å². The molecule has 2 N–H and O–H groups in total. The Morgan fingerprint density at radius 2 is 2.00 bits per heavy atom. The van der Waals surface area contributed by atoms with E-state index in [2.05, 4.69) is 4.98 Å². The average Bonchev–Trinajstić information content (AvgIpc) is 1.85. The third-order valence-electron chi connectivity index (χ3n) is 1.11. The first-order valence-electron chi connectivity index (χ1n) is 3.01. The zero-order chi connectivity index (χ0) is 8.32. The third kappa shape index (κ3) is 8.30. The van der Waals surface area contributed by atoms with Gasteiger partial charge in [0.15, 0.2) is 0 Å². The van der Waals surface area contributed by atoms with Gasteiger partial charge in [0.2, 0.25) is 0 Å². The first kappa shape index (κ1) is 16.7. The molecule has 0 spiro atoms. The van der Waals surface area contributed by atoms with Crippen molar-refractivity contribution in [2.75, 3.05) is 0 Å². The van der Waals surface area contributed by atoms with Gasteiger partial charge in [0.25, 0.3) is 0 Å². The van der Waals surface area contributed by atoms with E-state index in [4.69, 9.17) is 9.79 Å². The van der Waals surface area contributed by atoms with E-state index in [1.807, 2.05) is 0 Å². The standard InChI is InChI=1S/C6H8NO3P.2Na.2H/c8-11(9,10)5-6-2-1-3-7-4-6;;;;/h1-4H,5H2,(H2,8,9,10);;;;. The van der Waals surface area contributed by atoms with Gasteiger partial charge in [-0.15, -0.1) is 0 Å². The van der Waals surface area contributed by atoms with Crippen LogP contribution in [0.3, 0.4) is 0 Å². The molecule has 4 nitrogen and oxygen atoms in total. The Labute approximate surface area is 121 Å². The summed E-state index contributed by atoms with van der Waals surface area (Å²) >= 11 is 0. The van der Waals surface area contributed by atoms with E-state index < -0.39 is 7.60 Å². The molecule has 1 heterocycles. The summed E-state index contributed by atoms with van der Waals surface area (Å²) in [6, 6.07) is 3.27. The van der Waals surface area contributed by atoms with Gasteiger partial charge in [0, 0.05) is 12.4 Å². The summed E-state index contributed by atoms with van der Waals surface area (Å²) in [5.41, 5.74) is 0.556. The molecule has 0 saturated carbocycles. The summed E-state index contributed by atoms with van der Waals surface area (Å²) in [5, 5.41) is 0. The van der Waals surface area contributed by atoms with Crippen LogP contribution in [0.25, 0.3) is 0 Å². The number of rotatable bonds is 2. The van der Waals surface area contributed by atoms with Gasteiger partial charge in [0.05, 0.1) is 6.16 Å². The van der Waals surface area contributed by atoms with E-state index >= 15 is 0 Å². The molecule has 0 aliphatic carbocycles. The maximum absolute atomic E-state index is 10.5. The summed E-state index contributed by atoms with van der Waals surface area (Å²) in [5.74, 6) is 0. The molecule has 1 rings (SSSR count). The van der Waals surface area contributed by atoms with Gasteiger partial charge in [-0.25, -0.2) is 0 Å². The Morgan fingerprint density at radius 3 is 2.38 bits per heavy atom. The van der Waals surface area contributed by atoms with Crippen molar-refractivity contribution in [2.45, 2.75) is 6.16 Å². The molecule has 0 radical (unpaired) electrons. The van der Waals surface area contributed by atoms with Crippen LogP contribution in [0.1, 0.15) is 5.56 Å². The zero-order valence-electron chi connectivity index (χ0n) is 5.71. The normalized spacial score (nSPS) is 9.69. The predicted octanol–water partition coefficient (Wildman–Crippen LogP) is -0.538. The molecule has 0 amide bonds. The molecule has 7 heteroatoms. The number of pyridine rings is 1. The first-order chi connectivity index (χ1) is 5.08. The summed E-state index contributed by atoms with van der Waals surface area (Å²) in [4.78, 5) is 20.8. The van der Waals surface area contributed by atoms with Crippen LogP contribution in [0.5, 0.6) is 0 Å². The maximum atomic E-state index is 10.5. The fourth-order valence-corrected chi connectivity index (χ4v) is 1.39. The van der Waals surface area contributed by atoms with E-state index in [9.17, 15) is 4.57 Å². The van der Waals surface area contributed by atoms with E-state index in [0.717, 1.165) is 0 Å². The van der Waals surface area contributed by atoms with Crippen LogP contribution < -0.4 is 0 Å². The van der Waals surface area contributed by atoms with E-state index in [1.165, 1.54) is 6.20 Å². The fourth-order valence-electron chi connectivity index (χ4n) is 0.729. The summed E-state index contributed by atoms with van der Waals surface area (Å²) in [7, 11) is -3.93. The van der Waals surface area contributed by atoms with Crippen molar-refractivity contribution in [2.24, 2.45) is 0 Å². The van der Waals surface area contributed by atoms with Gasteiger partial charge in [-0.1, -0.05) is 6.07 Å². The number of hydrogen-bond donors (Lipinski definition) is 2. The summed E-state index contributed by atoms with van der Waals surface area (Å²) in [6.07, 6.45) is 2.77. The molecule has 0 bridgehead atoms. The second kappa shape index (κ2) is 7.57. The van der Waals surface area contributed by atoms with Crippen molar-refractivity contribution in [3.63, 3.8) is 0 Å². The Balaban J connectivity index is 0. The number of hydrogen-bond acceptors (Lipinski definition) is 2. The van der Waals surface area contributed by atoms with Gasteiger partial charge in [0.1, 0.15) is 0 Å². The minimum atomic E-state index is -3.93. The summed E-state index contributed by atoms with van der Waals surface area (Å²) in [6.45, 7) is 0. The van der Waals surface area contributed by atoms with E-state index in [-0.39, 0.29) is 65.3 Å². The van der Waals surface area contributed by atoms with Crippen molar-refractivity contribution < 1.29 is 14.4 Å². The zero-order valence-corrected chi connectivity index (χ0v) is 6.61. The second-order valence-electron chi connectivity index (χ2n) is 2.18. The Hall–Kier alpha value is 1.30. The van der Waals surface area contributed by atoms with Crippen LogP contribution in [0.2, 0.25) is 0 Å². The van der Waals surface area contributed by atoms with Crippen LogP contribution >= 0.6 is 7.60 Å². The molecular formula is C6H10NNa2O3P. The number of nitrogens with zero attached hydrogens (tertiary/aromatic N) is 1. The van der Waals surface area contributed by atoms with Crippen molar-refractivity contribution in [1.82, 2.24) is 4.98 Å². The molecule has 0 saturated heterocycles. The molecule has 1 aromatic rings. The molecule has 0 unspecified atom stereocenters. The molecule has 0 atom stereocenters. The molecular weight excluding hydrogens is 211 g/mol. The van der Waals surface area contributed by atoms with Crippen LogP contribution in [0.15, 0.2) is 24.5 Å². The Morgan fingerprint density at radius 1 is 1.38 bits per heavy atom.